The van der Waals surface area contributed by atoms with Crippen LogP contribution < -0.4 is 10.6 Å². The first kappa shape index (κ1) is 43.9. The molecule has 0 spiro atoms. The van der Waals surface area contributed by atoms with Crippen molar-refractivity contribution in [3.8, 4) is 0 Å². The van der Waals surface area contributed by atoms with Crippen LogP contribution in [0, 0.1) is 0 Å². The Labute approximate surface area is 278 Å². The lowest BCUT2D eigenvalue weighted by Crippen LogP contribution is -2.26. The first-order valence-corrected chi connectivity index (χ1v) is 22.1. The van der Waals surface area contributed by atoms with Gasteiger partial charge in [0.1, 0.15) is 0 Å². The fourth-order valence-electron chi connectivity index (χ4n) is 4.44. The van der Waals surface area contributed by atoms with Gasteiger partial charge in [-0.3, -0.25) is 18.3 Å². The molecule has 0 aliphatic carbocycles. The molecule has 0 atom stereocenters. The minimum atomic E-state index is -4.11. The molecule has 0 unspecified atom stereocenters. The third kappa shape index (κ3) is 12.6. The van der Waals surface area contributed by atoms with Gasteiger partial charge in [0, 0.05) is 24.5 Å². The van der Waals surface area contributed by atoms with Gasteiger partial charge in [0.2, 0.25) is 0 Å². The van der Waals surface area contributed by atoms with Gasteiger partial charge in [-0.25, -0.2) is 4.79 Å². The predicted molar refractivity (Wildman–Crippen MR) is 181 cm³/mol. The van der Waals surface area contributed by atoms with E-state index in [9.17, 15) is 28.2 Å². The van der Waals surface area contributed by atoms with E-state index in [0.29, 0.717) is 0 Å². The van der Waals surface area contributed by atoms with Crippen molar-refractivity contribution in [3.05, 3.63) is 23.8 Å². The Morgan fingerprint density at radius 3 is 0.957 bits per heavy atom. The standard InChI is InChI=1S/C27H52N2O14P4/c1-9-36-44(32,37-10-2)25(45(33,38-11-3)39-12-4)20-28-23-17-22(27(30)31)18-24(19-23)29-21-26(46(34,40-13-5)41-14-6)47(35,42-15-7)43-16-8/h17-19,25-26,28-29H,9-16,20-21H2,1-8H3,(H,30,31). The van der Waals surface area contributed by atoms with E-state index in [0.717, 1.165) is 0 Å². The van der Waals surface area contributed by atoms with Crippen molar-refractivity contribution in [2.24, 2.45) is 0 Å². The van der Waals surface area contributed by atoms with Crippen LogP contribution in [0.2, 0.25) is 0 Å². The van der Waals surface area contributed by atoms with Gasteiger partial charge in [-0.05, 0) is 73.6 Å². The van der Waals surface area contributed by atoms with Crippen LogP contribution in [0.3, 0.4) is 0 Å². The molecule has 0 aliphatic rings. The van der Waals surface area contributed by atoms with Crippen molar-refractivity contribution in [1.82, 2.24) is 0 Å². The van der Waals surface area contributed by atoms with Gasteiger partial charge in [-0.1, -0.05) is 0 Å². The molecule has 16 nitrogen and oxygen atoms in total. The minimum Gasteiger partial charge on any atom is -0.478 e. The van der Waals surface area contributed by atoms with E-state index in [1.54, 1.807) is 55.4 Å². The summed E-state index contributed by atoms with van der Waals surface area (Å²) in [5, 5.41) is 13.0. The summed E-state index contributed by atoms with van der Waals surface area (Å²) in [6.07, 6.45) is 0. The number of anilines is 2. The third-order valence-corrected chi connectivity index (χ3v) is 18.1. The highest BCUT2D eigenvalue weighted by Crippen LogP contribution is 2.71. The smallest absolute Gasteiger partial charge is 0.347 e. The number of rotatable bonds is 27. The van der Waals surface area contributed by atoms with Crippen LogP contribution in [-0.2, 0) is 54.5 Å². The van der Waals surface area contributed by atoms with Crippen LogP contribution in [0.4, 0.5) is 11.4 Å². The summed E-state index contributed by atoms with van der Waals surface area (Å²) < 4.78 is 99.8. The van der Waals surface area contributed by atoms with Gasteiger partial charge in [0.25, 0.3) is 0 Å². The highest BCUT2D eigenvalue weighted by Gasteiger charge is 2.52. The van der Waals surface area contributed by atoms with Crippen LogP contribution in [0.25, 0.3) is 0 Å². The summed E-state index contributed by atoms with van der Waals surface area (Å²) in [7, 11) is -16.4. The molecule has 20 heteroatoms. The quantitative estimate of drug-likeness (QED) is 0.0730. The molecule has 0 fully saturated rings. The summed E-state index contributed by atoms with van der Waals surface area (Å²) in [6, 6.07) is 4.10. The van der Waals surface area contributed by atoms with Crippen LogP contribution in [0.1, 0.15) is 65.7 Å². The average molecular weight is 753 g/mol. The van der Waals surface area contributed by atoms with Crippen molar-refractivity contribution in [3.63, 3.8) is 0 Å². The molecule has 0 bridgehead atoms. The van der Waals surface area contributed by atoms with E-state index >= 15 is 0 Å². The number of hydrogen-bond donors (Lipinski definition) is 3. The Morgan fingerprint density at radius 2 is 0.766 bits per heavy atom. The number of carboxylic acids is 1. The van der Waals surface area contributed by atoms with E-state index in [1.165, 1.54) is 18.2 Å². The molecule has 0 amide bonds. The zero-order valence-electron chi connectivity index (χ0n) is 28.5. The topological polar surface area (TPSA) is 203 Å². The molecule has 0 aliphatic heterocycles. The summed E-state index contributed by atoms with van der Waals surface area (Å²) in [4.78, 5) is 12.1. The molecule has 47 heavy (non-hydrogen) atoms. The molecular formula is C27H52N2O14P4. The average Bonchev–Trinajstić information content (AvgIpc) is 2.98. The fourth-order valence-corrected chi connectivity index (χ4v) is 14.6. The molecule has 1 rings (SSSR count). The maximum atomic E-state index is 13.9. The molecule has 0 radical (unpaired) electrons. The normalized spacial score (nSPS) is 13.0. The second kappa shape index (κ2) is 21.2. The summed E-state index contributed by atoms with van der Waals surface area (Å²) in [5.74, 6) is -1.28. The predicted octanol–water partition coefficient (Wildman–Crippen LogP) is 7.93. The van der Waals surface area contributed by atoms with Gasteiger partial charge in [-0.15, -0.1) is 0 Å². The highest BCUT2D eigenvalue weighted by atomic mass is 31.2. The van der Waals surface area contributed by atoms with Gasteiger partial charge >= 0.3 is 36.4 Å². The zero-order valence-corrected chi connectivity index (χ0v) is 32.1. The Hall–Kier alpha value is -1.11. The Balaban J connectivity index is 3.65. The van der Waals surface area contributed by atoms with Crippen LogP contribution >= 0.6 is 30.4 Å². The minimum absolute atomic E-state index is 0.0174. The number of aromatic carboxylic acids is 1. The lowest BCUT2D eigenvalue weighted by molar-refractivity contribution is 0.0696. The molecule has 0 heterocycles. The monoisotopic (exact) mass is 752 g/mol. The summed E-state index contributed by atoms with van der Waals surface area (Å²) in [6.45, 7) is 12.1. The maximum Gasteiger partial charge on any atom is 0.347 e. The highest BCUT2D eigenvalue weighted by molar-refractivity contribution is 7.73. The first-order valence-electron chi connectivity index (χ1n) is 15.6. The zero-order chi connectivity index (χ0) is 35.7. The van der Waals surface area contributed by atoms with Crippen LogP contribution in [0.15, 0.2) is 18.2 Å². The SMILES string of the molecule is CCOP(=O)(OCC)C(CNc1cc(NCC(P(=O)(OCC)OCC)P(=O)(OCC)OCC)cc(C(=O)O)c1)P(=O)(OCC)OCC. The second-order valence-corrected chi connectivity index (χ2v) is 19.0. The van der Waals surface area contributed by atoms with Crippen LogP contribution in [-0.4, -0.2) is 87.8 Å². The molecule has 3 N–H and O–H groups in total. The van der Waals surface area contributed by atoms with Crippen molar-refractivity contribution >= 4 is 47.7 Å². The van der Waals surface area contributed by atoms with Crippen LogP contribution in [0.5, 0.6) is 0 Å². The molecule has 274 valence electrons. The number of carbonyl (C=O) groups is 1. The van der Waals surface area contributed by atoms with Gasteiger partial charge in [-0.2, -0.15) is 0 Å². The summed E-state index contributed by atoms with van der Waals surface area (Å²) in [5.41, 5.74) is 0.226. The van der Waals surface area contributed by atoms with Gasteiger partial charge in [0.05, 0.1) is 58.4 Å². The second-order valence-electron chi connectivity index (χ2n) is 9.33. The van der Waals surface area contributed by atoms with Crippen molar-refractivity contribution < 1.29 is 64.4 Å². The third-order valence-electron chi connectivity index (χ3n) is 6.09. The fraction of sp³-hybridized carbons (Fsp3) is 0.741. The maximum absolute atomic E-state index is 13.9. The lowest BCUT2D eigenvalue weighted by atomic mass is 10.1. The Kier molecular flexibility index (Phi) is 19.8. The van der Waals surface area contributed by atoms with Gasteiger partial charge in [0.15, 0.2) is 10.8 Å². The van der Waals surface area contributed by atoms with E-state index in [1.807, 2.05) is 0 Å². The van der Waals surface area contributed by atoms with E-state index < -0.39 is 47.2 Å². The van der Waals surface area contributed by atoms with Crippen molar-refractivity contribution in [2.75, 3.05) is 76.6 Å². The van der Waals surface area contributed by atoms with Crippen molar-refractivity contribution in [1.29, 1.82) is 0 Å². The molecule has 1 aromatic carbocycles. The van der Waals surface area contributed by atoms with Gasteiger partial charge < -0.3 is 51.9 Å². The number of nitrogens with one attached hydrogen (secondary N) is 2. The van der Waals surface area contributed by atoms with E-state index in [-0.39, 0.29) is 82.9 Å². The molecule has 0 saturated heterocycles. The van der Waals surface area contributed by atoms with Crippen molar-refractivity contribution in [2.45, 2.75) is 66.2 Å². The Morgan fingerprint density at radius 1 is 0.532 bits per heavy atom. The number of benzene rings is 1. The lowest BCUT2D eigenvalue weighted by Gasteiger charge is -2.32. The first-order chi connectivity index (χ1) is 22.2. The van der Waals surface area contributed by atoms with E-state index in [2.05, 4.69) is 10.6 Å². The Bertz CT molecular complexity index is 1110. The summed E-state index contributed by atoms with van der Waals surface area (Å²) >= 11 is 0. The number of carboxylic acid groups (broad SMARTS) is 1. The molecule has 0 aromatic heterocycles. The molecular weight excluding hydrogens is 700 g/mol. The molecule has 0 saturated carbocycles. The largest absolute Gasteiger partial charge is 0.478 e. The number of hydrogen-bond acceptors (Lipinski definition) is 15. The van der Waals surface area contributed by atoms with E-state index in [4.69, 9.17) is 36.2 Å². The molecule has 1 aromatic rings.